The average molecular weight is 395 g/mol. The lowest BCUT2D eigenvalue weighted by Gasteiger charge is -2.36. The Hall–Kier alpha value is -3.23. The summed E-state index contributed by atoms with van der Waals surface area (Å²) in [5, 5.41) is 0. The zero-order chi connectivity index (χ0) is 20.2. The van der Waals surface area contributed by atoms with Crippen molar-refractivity contribution in [2.24, 2.45) is 0 Å². The van der Waals surface area contributed by atoms with Gasteiger partial charge in [0.05, 0.1) is 17.4 Å². The van der Waals surface area contributed by atoms with Gasteiger partial charge in [-0.25, -0.2) is 9.97 Å². The molecule has 152 valence electrons. The van der Waals surface area contributed by atoms with E-state index < -0.39 is 0 Å². The van der Waals surface area contributed by atoms with Crippen molar-refractivity contribution >= 4 is 23.5 Å². The number of aromatic nitrogens is 3. The lowest BCUT2D eigenvalue weighted by Crippen LogP contribution is -2.50. The van der Waals surface area contributed by atoms with Crippen molar-refractivity contribution in [3.05, 3.63) is 42.5 Å². The second-order valence-electron chi connectivity index (χ2n) is 7.25. The third-order valence-corrected chi connectivity index (χ3v) is 5.46. The summed E-state index contributed by atoms with van der Waals surface area (Å²) in [6.07, 6.45) is 6.93. The summed E-state index contributed by atoms with van der Waals surface area (Å²) in [5.74, 6) is 0.776. The fourth-order valence-corrected chi connectivity index (χ4v) is 3.74. The molecular weight excluding hydrogens is 370 g/mol. The van der Waals surface area contributed by atoms with E-state index in [9.17, 15) is 9.59 Å². The molecule has 0 aromatic carbocycles. The molecular formula is C20H25N7O2. The molecule has 0 unspecified atom stereocenters. The summed E-state index contributed by atoms with van der Waals surface area (Å²) in [6, 6.07) is 3.73. The molecule has 0 N–H and O–H groups in total. The first-order valence-electron chi connectivity index (χ1n) is 9.88. The SMILES string of the molecule is CC(=O)N1CCN(C(=O)c2cncc(N3CCN(c4ncccn4)CC3)c2)CC1. The van der Waals surface area contributed by atoms with Crippen LogP contribution in [0.5, 0.6) is 0 Å². The number of rotatable bonds is 3. The number of amides is 2. The highest BCUT2D eigenvalue weighted by Gasteiger charge is 2.25. The molecule has 0 aliphatic carbocycles. The highest BCUT2D eigenvalue weighted by atomic mass is 16.2. The third-order valence-electron chi connectivity index (χ3n) is 5.46. The number of hydrogen-bond donors (Lipinski definition) is 0. The maximum absolute atomic E-state index is 12.9. The van der Waals surface area contributed by atoms with Crippen LogP contribution in [0, 0.1) is 0 Å². The van der Waals surface area contributed by atoms with Crippen molar-refractivity contribution in [1.82, 2.24) is 24.8 Å². The first kappa shape index (κ1) is 19.1. The van der Waals surface area contributed by atoms with Crippen molar-refractivity contribution in [1.29, 1.82) is 0 Å². The standard InChI is InChI=1S/C20H25N7O2/c1-16(28)24-5-9-26(10-6-24)19(29)17-13-18(15-21-14-17)25-7-11-27(12-8-25)20-22-3-2-4-23-20/h2-4,13-15H,5-12H2,1H3. The monoisotopic (exact) mass is 395 g/mol. The lowest BCUT2D eigenvalue weighted by atomic mass is 10.2. The fraction of sp³-hybridized carbons (Fsp3) is 0.450. The van der Waals surface area contributed by atoms with Crippen LogP contribution in [0.15, 0.2) is 36.9 Å². The lowest BCUT2D eigenvalue weighted by molar-refractivity contribution is -0.130. The number of piperazine rings is 2. The van der Waals surface area contributed by atoms with Crippen LogP contribution in [0.4, 0.5) is 11.6 Å². The number of hydrogen-bond acceptors (Lipinski definition) is 7. The van der Waals surface area contributed by atoms with Crippen LogP contribution in [0.25, 0.3) is 0 Å². The molecule has 9 heteroatoms. The molecule has 29 heavy (non-hydrogen) atoms. The van der Waals surface area contributed by atoms with Gasteiger partial charge in [0.15, 0.2) is 0 Å². The van der Waals surface area contributed by atoms with Crippen LogP contribution in [-0.2, 0) is 4.79 Å². The smallest absolute Gasteiger partial charge is 0.255 e. The van der Waals surface area contributed by atoms with Gasteiger partial charge in [-0.1, -0.05) is 0 Å². The van der Waals surface area contributed by atoms with E-state index in [-0.39, 0.29) is 11.8 Å². The molecule has 2 aromatic rings. The molecule has 4 rings (SSSR count). The van der Waals surface area contributed by atoms with Crippen molar-refractivity contribution in [2.45, 2.75) is 6.92 Å². The van der Waals surface area contributed by atoms with E-state index in [1.165, 1.54) is 0 Å². The largest absolute Gasteiger partial charge is 0.367 e. The van der Waals surface area contributed by atoms with Crippen LogP contribution in [0.2, 0.25) is 0 Å². The molecule has 2 fully saturated rings. The molecule has 2 aromatic heterocycles. The predicted molar refractivity (Wildman–Crippen MR) is 109 cm³/mol. The van der Waals surface area contributed by atoms with Gasteiger partial charge >= 0.3 is 0 Å². The Morgan fingerprint density at radius 1 is 0.828 bits per heavy atom. The number of anilines is 2. The van der Waals surface area contributed by atoms with Gasteiger partial charge in [0.2, 0.25) is 11.9 Å². The van der Waals surface area contributed by atoms with Crippen molar-refractivity contribution < 1.29 is 9.59 Å². The number of nitrogens with zero attached hydrogens (tertiary/aromatic N) is 7. The van der Waals surface area contributed by atoms with E-state index in [2.05, 4.69) is 24.8 Å². The molecule has 0 atom stereocenters. The van der Waals surface area contributed by atoms with Gasteiger partial charge in [-0.2, -0.15) is 0 Å². The zero-order valence-corrected chi connectivity index (χ0v) is 16.6. The molecule has 0 spiro atoms. The van der Waals surface area contributed by atoms with Crippen LogP contribution >= 0.6 is 0 Å². The molecule has 2 saturated heterocycles. The van der Waals surface area contributed by atoms with Crippen LogP contribution in [-0.4, -0.2) is 88.9 Å². The van der Waals surface area contributed by atoms with Gasteiger partial charge in [0, 0.05) is 77.9 Å². The normalized spacial score (nSPS) is 17.4. The Kier molecular flexibility index (Phi) is 5.55. The van der Waals surface area contributed by atoms with E-state index in [1.54, 1.807) is 41.5 Å². The first-order chi connectivity index (χ1) is 14.1. The Labute approximate surface area is 170 Å². The predicted octanol–water partition coefficient (Wildman–Crippen LogP) is 0.503. The van der Waals surface area contributed by atoms with Gasteiger partial charge in [-0.15, -0.1) is 0 Å². The molecule has 0 saturated carbocycles. The fourth-order valence-electron chi connectivity index (χ4n) is 3.74. The Balaban J connectivity index is 1.38. The summed E-state index contributed by atoms with van der Waals surface area (Å²) in [7, 11) is 0. The Bertz CT molecular complexity index is 860. The van der Waals surface area contributed by atoms with E-state index in [4.69, 9.17) is 0 Å². The highest BCUT2D eigenvalue weighted by molar-refractivity contribution is 5.95. The summed E-state index contributed by atoms with van der Waals surface area (Å²) >= 11 is 0. The van der Waals surface area contributed by atoms with Gasteiger partial charge in [0.25, 0.3) is 5.91 Å². The van der Waals surface area contributed by atoms with Crippen molar-refractivity contribution in [3.8, 4) is 0 Å². The van der Waals surface area contributed by atoms with E-state index in [0.29, 0.717) is 31.7 Å². The molecule has 9 nitrogen and oxygen atoms in total. The number of pyridine rings is 1. The Morgan fingerprint density at radius 3 is 2.10 bits per heavy atom. The minimum Gasteiger partial charge on any atom is -0.367 e. The molecule has 0 bridgehead atoms. The second-order valence-corrected chi connectivity index (χ2v) is 7.25. The molecule has 2 aliphatic rings. The minimum absolute atomic E-state index is 0.0288. The second kappa shape index (κ2) is 8.42. The van der Waals surface area contributed by atoms with Crippen molar-refractivity contribution in [3.63, 3.8) is 0 Å². The van der Waals surface area contributed by atoms with E-state index >= 15 is 0 Å². The maximum Gasteiger partial charge on any atom is 0.255 e. The average Bonchev–Trinajstić information content (AvgIpc) is 2.79. The van der Waals surface area contributed by atoms with Crippen LogP contribution in [0.1, 0.15) is 17.3 Å². The summed E-state index contributed by atoms with van der Waals surface area (Å²) < 4.78 is 0. The van der Waals surface area contributed by atoms with Gasteiger partial charge in [-0.3, -0.25) is 14.6 Å². The van der Waals surface area contributed by atoms with Gasteiger partial charge in [-0.05, 0) is 12.1 Å². The van der Waals surface area contributed by atoms with E-state index in [0.717, 1.165) is 37.8 Å². The molecule has 0 radical (unpaired) electrons. The van der Waals surface area contributed by atoms with Crippen LogP contribution in [0.3, 0.4) is 0 Å². The van der Waals surface area contributed by atoms with Gasteiger partial charge < -0.3 is 19.6 Å². The van der Waals surface area contributed by atoms with Crippen molar-refractivity contribution in [2.75, 3.05) is 62.2 Å². The minimum atomic E-state index is -0.0288. The Morgan fingerprint density at radius 2 is 1.45 bits per heavy atom. The third kappa shape index (κ3) is 4.28. The topological polar surface area (TPSA) is 85.8 Å². The number of carbonyl (C=O) groups is 2. The molecule has 4 heterocycles. The first-order valence-corrected chi connectivity index (χ1v) is 9.88. The van der Waals surface area contributed by atoms with E-state index in [1.807, 2.05) is 12.1 Å². The zero-order valence-electron chi connectivity index (χ0n) is 16.6. The molecule has 2 aliphatic heterocycles. The molecule has 2 amide bonds. The van der Waals surface area contributed by atoms with Crippen LogP contribution < -0.4 is 9.80 Å². The number of carbonyl (C=O) groups excluding carboxylic acids is 2. The quantitative estimate of drug-likeness (QED) is 0.748. The van der Waals surface area contributed by atoms with Gasteiger partial charge in [0.1, 0.15) is 0 Å². The summed E-state index contributed by atoms with van der Waals surface area (Å²) in [4.78, 5) is 45.3. The maximum atomic E-state index is 12.9. The highest BCUT2D eigenvalue weighted by Crippen LogP contribution is 2.20. The summed E-state index contributed by atoms with van der Waals surface area (Å²) in [6.45, 7) is 7.09. The summed E-state index contributed by atoms with van der Waals surface area (Å²) in [5.41, 5.74) is 1.54.